The average Bonchev–Trinajstić information content (AvgIpc) is 3.00. The average molecular weight is 378 g/mol. The molecule has 1 aromatic heterocycles. The van der Waals surface area contributed by atoms with Crippen molar-refractivity contribution in [3.05, 3.63) is 71.9 Å². The minimum Gasteiger partial charge on any atom is -0.481 e. The van der Waals surface area contributed by atoms with Gasteiger partial charge >= 0.3 is 5.97 Å². The standard InChI is InChI=1S/C22H22N2O4/c1-3-16-20(14(2)22(23)27)21-17(10-7-11-18(21)28-13-19(25)26)24(16)12-15-8-5-4-6-9-15/h4-11H,2-3,12-13H2,1H3,(H2,23,27)(H,25,26). The van der Waals surface area contributed by atoms with Crippen LogP contribution in [0.4, 0.5) is 0 Å². The molecule has 0 fully saturated rings. The SMILES string of the molecule is C=C(C(N)=O)c1c(CC)n(Cc2ccccc2)c2cccc(OCC(=O)O)c12. The van der Waals surface area contributed by atoms with Gasteiger partial charge in [-0.05, 0) is 24.1 Å². The van der Waals surface area contributed by atoms with Crippen LogP contribution in [0.15, 0.2) is 55.1 Å². The Labute approximate surface area is 162 Å². The van der Waals surface area contributed by atoms with E-state index in [2.05, 4.69) is 11.1 Å². The molecular weight excluding hydrogens is 356 g/mol. The van der Waals surface area contributed by atoms with Gasteiger partial charge in [0.25, 0.3) is 0 Å². The van der Waals surface area contributed by atoms with E-state index in [0.29, 0.717) is 29.7 Å². The predicted molar refractivity (Wildman–Crippen MR) is 108 cm³/mol. The molecule has 0 radical (unpaired) electrons. The molecule has 3 rings (SSSR count). The molecule has 3 N–H and O–H groups in total. The van der Waals surface area contributed by atoms with Crippen molar-refractivity contribution in [2.75, 3.05) is 6.61 Å². The maximum atomic E-state index is 11.9. The Morgan fingerprint density at radius 2 is 1.86 bits per heavy atom. The lowest BCUT2D eigenvalue weighted by atomic mass is 10.0. The molecule has 2 aromatic carbocycles. The zero-order valence-corrected chi connectivity index (χ0v) is 15.6. The van der Waals surface area contributed by atoms with Crippen LogP contribution in [-0.4, -0.2) is 28.2 Å². The van der Waals surface area contributed by atoms with E-state index in [9.17, 15) is 9.59 Å². The lowest BCUT2D eigenvalue weighted by Gasteiger charge is -2.11. The number of hydrogen-bond acceptors (Lipinski definition) is 3. The van der Waals surface area contributed by atoms with E-state index in [1.807, 2.05) is 43.3 Å². The normalized spacial score (nSPS) is 10.8. The number of carbonyl (C=O) groups is 2. The summed E-state index contributed by atoms with van der Waals surface area (Å²) in [6.45, 7) is 5.98. The largest absolute Gasteiger partial charge is 0.481 e. The summed E-state index contributed by atoms with van der Waals surface area (Å²) in [5.41, 5.74) is 9.16. The Hall–Kier alpha value is -3.54. The number of hydrogen-bond donors (Lipinski definition) is 2. The fourth-order valence-corrected chi connectivity index (χ4v) is 3.44. The molecular formula is C22H22N2O4. The van der Waals surface area contributed by atoms with Crippen LogP contribution in [0, 0.1) is 0 Å². The van der Waals surface area contributed by atoms with Crippen molar-refractivity contribution in [1.29, 1.82) is 0 Å². The third-order valence-electron chi connectivity index (χ3n) is 4.63. The van der Waals surface area contributed by atoms with E-state index in [4.69, 9.17) is 15.6 Å². The van der Waals surface area contributed by atoms with Gasteiger partial charge in [-0.1, -0.05) is 49.9 Å². The summed E-state index contributed by atoms with van der Waals surface area (Å²) < 4.78 is 7.61. The van der Waals surface area contributed by atoms with Crippen molar-refractivity contribution in [1.82, 2.24) is 4.57 Å². The van der Waals surface area contributed by atoms with Crippen LogP contribution < -0.4 is 10.5 Å². The second-order valence-electron chi connectivity index (χ2n) is 6.42. The van der Waals surface area contributed by atoms with Crippen molar-refractivity contribution >= 4 is 28.4 Å². The van der Waals surface area contributed by atoms with Gasteiger partial charge in [0.15, 0.2) is 6.61 Å². The molecule has 0 unspecified atom stereocenters. The molecule has 28 heavy (non-hydrogen) atoms. The molecule has 1 heterocycles. The molecule has 144 valence electrons. The fourth-order valence-electron chi connectivity index (χ4n) is 3.44. The van der Waals surface area contributed by atoms with Crippen LogP contribution >= 0.6 is 0 Å². The molecule has 6 nitrogen and oxygen atoms in total. The highest BCUT2D eigenvalue weighted by molar-refractivity contribution is 6.22. The summed E-state index contributed by atoms with van der Waals surface area (Å²) in [5, 5.41) is 9.65. The van der Waals surface area contributed by atoms with Gasteiger partial charge in [0.1, 0.15) is 5.75 Å². The maximum absolute atomic E-state index is 11.9. The zero-order chi connectivity index (χ0) is 20.3. The summed E-state index contributed by atoms with van der Waals surface area (Å²) in [4.78, 5) is 22.9. The highest BCUT2D eigenvalue weighted by Gasteiger charge is 2.23. The topological polar surface area (TPSA) is 94.5 Å². The number of benzene rings is 2. The fraction of sp³-hybridized carbons (Fsp3) is 0.182. The van der Waals surface area contributed by atoms with E-state index in [1.54, 1.807) is 12.1 Å². The highest BCUT2D eigenvalue weighted by atomic mass is 16.5. The first-order valence-electron chi connectivity index (χ1n) is 8.95. The van der Waals surface area contributed by atoms with Gasteiger partial charge in [-0.25, -0.2) is 4.79 Å². The van der Waals surface area contributed by atoms with E-state index in [-0.39, 0.29) is 5.57 Å². The Morgan fingerprint density at radius 3 is 2.46 bits per heavy atom. The van der Waals surface area contributed by atoms with E-state index in [0.717, 1.165) is 16.8 Å². The number of aliphatic carboxylic acids is 1. The van der Waals surface area contributed by atoms with E-state index >= 15 is 0 Å². The number of ether oxygens (including phenoxy) is 1. The Morgan fingerprint density at radius 1 is 1.14 bits per heavy atom. The minimum absolute atomic E-state index is 0.181. The molecule has 6 heteroatoms. The molecule has 0 saturated carbocycles. The Balaban J connectivity index is 2.27. The predicted octanol–water partition coefficient (Wildman–Crippen LogP) is 3.21. The minimum atomic E-state index is -1.08. The Bertz CT molecular complexity index is 1050. The van der Waals surface area contributed by atoms with Crippen LogP contribution in [0.1, 0.15) is 23.7 Å². The van der Waals surface area contributed by atoms with Gasteiger partial charge < -0.3 is 20.1 Å². The molecule has 0 aliphatic carbocycles. The number of fused-ring (bicyclic) bond motifs is 1. The molecule has 0 saturated heterocycles. The van der Waals surface area contributed by atoms with Gasteiger partial charge in [0.05, 0.1) is 10.9 Å². The summed E-state index contributed by atoms with van der Waals surface area (Å²) in [6, 6.07) is 15.4. The molecule has 1 amide bonds. The number of carboxylic acid groups (broad SMARTS) is 1. The summed E-state index contributed by atoms with van der Waals surface area (Å²) in [6.07, 6.45) is 0.640. The molecule has 0 bridgehead atoms. The second-order valence-corrected chi connectivity index (χ2v) is 6.42. The van der Waals surface area contributed by atoms with Gasteiger partial charge in [0.2, 0.25) is 5.91 Å². The van der Waals surface area contributed by atoms with Crippen molar-refractivity contribution in [3.8, 4) is 5.75 Å². The number of amides is 1. The second kappa shape index (κ2) is 8.00. The van der Waals surface area contributed by atoms with Crippen molar-refractivity contribution in [3.63, 3.8) is 0 Å². The number of nitrogens with two attached hydrogens (primary N) is 1. The number of aromatic nitrogens is 1. The smallest absolute Gasteiger partial charge is 0.341 e. The monoisotopic (exact) mass is 378 g/mol. The number of carboxylic acids is 1. The summed E-state index contributed by atoms with van der Waals surface area (Å²) in [7, 11) is 0. The molecule has 3 aromatic rings. The van der Waals surface area contributed by atoms with Crippen LogP contribution in [0.5, 0.6) is 5.75 Å². The van der Waals surface area contributed by atoms with Gasteiger partial charge in [-0.15, -0.1) is 0 Å². The third kappa shape index (κ3) is 3.62. The first-order chi connectivity index (χ1) is 13.4. The quantitative estimate of drug-likeness (QED) is 0.589. The lowest BCUT2D eigenvalue weighted by Crippen LogP contribution is -2.14. The first-order valence-corrected chi connectivity index (χ1v) is 8.95. The molecule has 0 spiro atoms. The number of carbonyl (C=O) groups excluding carboxylic acids is 1. The summed E-state index contributed by atoms with van der Waals surface area (Å²) in [5.74, 6) is -1.31. The van der Waals surface area contributed by atoms with Crippen LogP contribution in [-0.2, 0) is 22.6 Å². The van der Waals surface area contributed by atoms with Gasteiger partial charge in [-0.3, -0.25) is 4.79 Å². The third-order valence-corrected chi connectivity index (χ3v) is 4.63. The van der Waals surface area contributed by atoms with E-state index in [1.165, 1.54) is 0 Å². The number of primary amides is 1. The first kappa shape index (κ1) is 19.2. The molecule has 0 atom stereocenters. The van der Waals surface area contributed by atoms with Gasteiger partial charge in [-0.2, -0.15) is 0 Å². The van der Waals surface area contributed by atoms with Gasteiger partial charge in [0, 0.05) is 23.4 Å². The highest BCUT2D eigenvalue weighted by Crippen LogP contribution is 2.38. The van der Waals surface area contributed by atoms with Crippen LogP contribution in [0.25, 0.3) is 16.5 Å². The molecule has 0 aliphatic heterocycles. The number of nitrogens with zero attached hydrogens (tertiary/aromatic N) is 1. The van der Waals surface area contributed by atoms with Crippen molar-refractivity contribution in [2.24, 2.45) is 5.73 Å². The van der Waals surface area contributed by atoms with E-state index < -0.39 is 18.5 Å². The van der Waals surface area contributed by atoms with Crippen LogP contribution in [0.2, 0.25) is 0 Å². The zero-order valence-electron chi connectivity index (χ0n) is 15.6. The van der Waals surface area contributed by atoms with Crippen LogP contribution in [0.3, 0.4) is 0 Å². The van der Waals surface area contributed by atoms with Crippen molar-refractivity contribution < 1.29 is 19.4 Å². The molecule has 0 aliphatic rings. The number of rotatable bonds is 8. The summed E-state index contributed by atoms with van der Waals surface area (Å²) >= 11 is 0. The van der Waals surface area contributed by atoms with Crippen molar-refractivity contribution in [2.45, 2.75) is 19.9 Å². The maximum Gasteiger partial charge on any atom is 0.341 e. The lowest BCUT2D eigenvalue weighted by molar-refractivity contribution is -0.139. The Kier molecular flexibility index (Phi) is 5.49.